The third kappa shape index (κ3) is 26.0. The van der Waals surface area contributed by atoms with Gasteiger partial charge in [0.25, 0.3) is 0 Å². The van der Waals surface area contributed by atoms with Gasteiger partial charge in [0.1, 0.15) is 13.2 Å². The summed E-state index contributed by atoms with van der Waals surface area (Å²) in [6.07, 6.45) is 24.7. The predicted molar refractivity (Wildman–Crippen MR) is 159 cm³/mol. The fourth-order valence-electron chi connectivity index (χ4n) is 4.60. The summed E-state index contributed by atoms with van der Waals surface area (Å²) in [6, 6.07) is 0. The summed E-state index contributed by atoms with van der Waals surface area (Å²) in [5.41, 5.74) is 0.575. The number of nitrogens with zero attached hydrogens (tertiary/aromatic N) is 1. The molecular weight excluding hydrogens is 460 g/mol. The van der Waals surface area contributed by atoms with Crippen LogP contribution in [0.15, 0.2) is 12.2 Å². The maximum absolute atomic E-state index is 12.1. The minimum atomic E-state index is -0.0357. The zero-order valence-corrected chi connectivity index (χ0v) is 25.3. The van der Waals surface area contributed by atoms with E-state index in [9.17, 15) is 9.59 Å². The maximum Gasteiger partial charge on any atom is 0.305 e. The first-order valence-electron chi connectivity index (χ1n) is 15.7. The molecule has 0 rings (SSSR count). The van der Waals surface area contributed by atoms with Gasteiger partial charge in [-0.3, -0.25) is 9.59 Å². The molecule has 0 spiro atoms. The van der Waals surface area contributed by atoms with E-state index >= 15 is 0 Å². The highest BCUT2D eigenvalue weighted by molar-refractivity contribution is 5.91. The molecule has 5 nitrogen and oxygen atoms in total. The summed E-state index contributed by atoms with van der Waals surface area (Å²) >= 11 is 0. The molecule has 0 bridgehead atoms. The highest BCUT2D eigenvalue weighted by Crippen LogP contribution is 2.13. The van der Waals surface area contributed by atoms with Crippen molar-refractivity contribution in [3.63, 3.8) is 0 Å². The van der Waals surface area contributed by atoms with Crippen LogP contribution in [0.3, 0.4) is 0 Å². The number of hydrogen-bond acceptors (Lipinski definition) is 3. The molecule has 0 saturated heterocycles. The molecule has 0 fully saturated rings. The second-order valence-corrected chi connectivity index (χ2v) is 11.8. The number of likely N-dealkylation sites (N-methyl/N-ethyl adjacent to an activating group) is 1. The molecule has 0 unspecified atom stereocenters. The van der Waals surface area contributed by atoms with Crippen LogP contribution >= 0.6 is 0 Å². The summed E-state index contributed by atoms with van der Waals surface area (Å²) in [7, 11) is 4.51. The fourth-order valence-corrected chi connectivity index (χ4v) is 4.60. The van der Waals surface area contributed by atoms with Gasteiger partial charge in [-0.2, -0.15) is 0 Å². The van der Waals surface area contributed by atoms with Crippen LogP contribution in [0.25, 0.3) is 0 Å². The smallest absolute Gasteiger partial charge is 0.305 e. The lowest BCUT2D eigenvalue weighted by atomic mass is 10.1. The quantitative estimate of drug-likeness (QED) is 0.0512. The molecular formula is C32H63N2O3+. The van der Waals surface area contributed by atoms with Gasteiger partial charge in [0.05, 0.1) is 20.6 Å². The van der Waals surface area contributed by atoms with E-state index in [1.54, 1.807) is 6.92 Å². The Labute approximate surface area is 230 Å². The van der Waals surface area contributed by atoms with E-state index < -0.39 is 0 Å². The van der Waals surface area contributed by atoms with Gasteiger partial charge in [-0.05, 0) is 32.6 Å². The fraction of sp³-hybridized carbons (Fsp3) is 0.875. The lowest BCUT2D eigenvalue weighted by Crippen LogP contribution is -2.43. The highest BCUT2D eigenvalue weighted by Gasteiger charge is 2.15. The Bertz CT molecular complexity index is 574. The Morgan fingerprint density at radius 3 is 1.65 bits per heavy atom. The normalized spacial score (nSPS) is 11.5. The van der Waals surface area contributed by atoms with E-state index in [1.165, 1.54) is 103 Å². The molecule has 0 aliphatic heterocycles. The second kappa shape index (κ2) is 24.9. The number of carbonyl (C=O) groups excluding carboxylic acids is 2. The molecule has 37 heavy (non-hydrogen) atoms. The molecule has 0 atom stereocenters. The molecule has 218 valence electrons. The first kappa shape index (κ1) is 35.6. The lowest BCUT2D eigenvalue weighted by molar-refractivity contribution is -0.890. The van der Waals surface area contributed by atoms with E-state index in [0.29, 0.717) is 18.6 Å². The average Bonchev–Trinajstić information content (AvgIpc) is 2.85. The third-order valence-electron chi connectivity index (χ3n) is 7.31. The summed E-state index contributed by atoms with van der Waals surface area (Å²) in [5.74, 6) is -0.0656. The van der Waals surface area contributed by atoms with Crippen molar-refractivity contribution in [1.82, 2.24) is 5.32 Å². The van der Waals surface area contributed by atoms with Crippen LogP contribution < -0.4 is 5.32 Å². The van der Waals surface area contributed by atoms with Gasteiger partial charge in [-0.25, -0.2) is 0 Å². The van der Waals surface area contributed by atoms with Crippen molar-refractivity contribution in [1.29, 1.82) is 0 Å². The molecule has 0 radical (unpaired) electrons. The van der Waals surface area contributed by atoms with Gasteiger partial charge in [0, 0.05) is 18.5 Å². The Balaban J connectivity index is 3.46. The van der Waals surface area contributed by atoms with Crippen molar-refractivity contribution < 1.29 is 18.8 Å². The van der Waals surface area contributed by atoms with Crippen molar-refractivity contribution in [3.8, 4) is 0 Å². The number of esters is 1. The molecule has 0 saturated carbocycles. The van der Waals surface area contributed by atoms with Gasteiger partial charge in [-0.1, -0.05) is 110 Å². The minimum Gasteiger partial charge on any atom is -0.460 e. The number of rotatable bonds is 27. The molecule has 5 heteroatoms. The van der Waals surface area contributed by atoms with E-state index in [0.717, 1.165) is 43.3 Å². The second-order valence-electron chi connectivity index (χ2n) is 11.8. The maximum atomic E-state index is 12.1. The van der Waals surface area contributed by atoms with Gasteiger partial charge in [0.2, 0.25) is 5.91 Å². The third-order valence-corrected chi connectivity index (χ3v) is 7.31. The monoisotopic (exact) mass is 523 g/mol. The first-order valence-corrected chi connectivity index (χ1v) is 15.7. The van der Waals surface area contributed by atoms with Crippen LogP contribution in [-0.2, 0) is 14.3 Å². The van der Waals surface area contributed by atoms with Crippen molar-refractivity contribution in [2.45, 2.75) is 142 Å². The van der Waals surface area contributed by atoms with Crippen molar-refractivity contribution in [3.05, 3.63) is 12.2 Å². The van der Waals surface area contributed by atoms with Gasteiger partial charge in [0.15, 0.2) is 0 Å². The number of quaternary nitrogens is 1. The summed E-state index contributed by atoms with van der Waals surface area (Å²) < 4.78 is 6.45. The summed E-state index contributed by atoms with van der Waals surface area (Å²) in [6.45, 7) is 11.0. The van der Waals surface area contributed by atoms with E-state index in [4.69, 9.17) is 4.74 Å². The van der Waals surface area contributed by atoms with Crippen LogP contribution in [0.2, 0.25) is 0 Å². The molecule has 0 aromatic heterocycles. The summed E-state index contributed by atoms with van der Waals surface area (Å²) in [4.78, 5) is 23.4. The van der Waals surface area contributed by atoms with Gasteiger partial charge in [-0.15, -0.1) is 0 Å². The zero-order chi connectivity index (χ0) is 27.6. The molecule has 0 aliphatic rings. The molecule has 1 amide bonds. The van der Waals surface area contributed by atoms with Gasteiger partial charge < -0.3 is 14.5 Å². The number of nitrogens with one attached hydrogen (secondary N) is 1. The first-order chi connectivity index (χ1) is 17.8. The molecule has 1 N–H and O–H groups in total. The van der Waals surface area contributed by atoms with Crippen molar-refractivity contribution >= 4 is 11.9 Å². The molecule has 0 aromatic carbocycles. The highest BCUT2D eigenvalue weighted by atomic mass is 16.5. The predicted octanol–water partition coefficient (Wildman–Crippen LogP) is 8.12. The van der Waals surface area contributed by atoms with Crippen molar-refractivity contribution in [2.75, 3.05) is 40.3 Å². The Kier molecular flexibility index (Phi) is 24.0. The van der Waals surface area contributed by atoms with Crippen LogP contribution in [0, 0.1) is 0 Å². The van der Waals surface area contributed by atoms with Gasteiger partial charge >= 0.3 is 5.97 Å². The SMILES string of the molecule is C=C(C)C(=O)NCCCCCCCCCCCC(=O)OCC[N+](C)(C)CCCCCCCCCCCC. The Morgan fingerprint density at radius 1 is 0.676 bits per heavy atom. The van der Waals surface area contributed by atoms with Crippen LogP contribution in [0.1, 0.15) is 142 Å². The summed E-state index contributed by atoms with van der Waals surface area (Å²) in [5, 5.41) is 2.88. The average molecular weight is 524 g/mol. The Morgan fingerprint density at radius 2 is 1.14 bits per heavy atom. The van der Waals surface area contributed by atoms with E-state index in [1.807, 2.05) is 0 Å². The number of unbranched alkanes of at least 4 members (excludes halogenated alkanes) is 17. The van der Waals surface area contributed by atoms with Crippen LogP contribution in [-0.4, -0.2) is 56.7 Å². The van der Waals surface area contributed by atoms with E-state index in [-0.39, 0.29) is 11.9 Å². The van der Waals surface area contributed by atoms with E-state index in [2.05, 4.69) is 32.9 Å². The molecule has 0 aliphatic carbocycles. The van der Waals surface area contributed by atoms with Crippen LogP contribution in [0.5, 0.6) is 0 Å². The topological polar surface area (TPSA) is 55.4 Å². The lowest BCUT2D eigenvalue weighted by Gasteiger charge is -2.29. The minimum absolute atomic E-state index is 0.0299. The van der Waals surface area contributed by atoms with Crippen LogP contribution in [0.4, 0.5) is 0 Å². The Hall–Kier alpha value is -1.36. The largest absolute Gasteiger partial charge is 0.460 e. The molecule has 0 heterocycles. The van der Waals surface area contributed by atoms with Crippen molar-refractivity contribution in [2.24, 2.45) is 0 Å². The number of carbonyl (C=O) groups is 2. The zero-order valence-electron chi connectivity index (χ0n) is 25.3. The number of ether oxygens (including phenoxy) is 1. The number of hydrogen-bond donors (Lipinski definition) is 1. The standard InChI is InChI=1S/C32H62N2O3/c1-6-7-8-9-10-11-15-18-21-24-27-34(4,5)28-29-37-31(35)25-22-19-16-13-12-14-17-20-23-26-33-32(36)30(2)3/h2,6-29H2,1,3-5H3/p+1. The number of amides is 1. The molecule has 0 aromatic rings.